The molecule has 3 nitrogen and oxygen atoms in total. The van der Waals surface area contributed by atoms with Gasteiger partial charge in [0.2, 0.25) is 0 Å². The number of rotatable bonds is 3. The predicted octanol–water partition coefficient (Wildman–Crippen LogP) is 1.95. The second-order valence-corrected chi connectivity index (χ2v) is 5.62. The molecule has 1 unspecified atom stereocenters. The molecular formula is C17H22N2O. The zero-order valence-electron chi connectivity index (χ0n) is 11.9. The minimum atomic E-state index is 0.641. The molecule has 106 valence electrons. The van der Waals surface area contributed by atoms with Gasteiger partial charge in [0.1, 0.15) is 0 Å². The van der Waals surface area contributed by atoms with Gasteiger partial charge >= 0.3 is 0 Å². The Kier molecular flexibility index (Phi) is 4.25. The maximum Gasteiger partial charge on any atom is 0.0642 e. The van der Waals surface area contributed by atoms with Crippen LogP contribution in [0.15, 0.2) is 24.3 Å². The first-order valence-electron chi connectivity index (χ1n) is 7.45. The molecule has 2 aliphatic heterocycles. The van der Waals surface area contributed by atoms with Gasteiger partial charge in [0, 0.05) is 25.3 Å². The molecule has 0 aromatic heterocycles. The van der Waals surface area contributed by atoms with Crippen LogP contribution in [0.25, 0.3) is 0 Å². The monoisotopic (exact) mass is 270 g/mol. The molecule has 3 heteroatoms. The number of nitrogens with zero attached hydrogens (tertiary/aromatic N) is 2. The maximum absolute atomic E-state index is 5.40. The van der Waals surface area contributed by atoms with Gasteiger partial charge in [0.05, 0.1) is 19.8 Å². The first-order chi connectivity index (χ1) is 9.86. The van der Waals surface area contributed by atoms with Crippen molar-refractivity contribution in [3.63, 3.8) is 0 Å². The number of ether oxygens (including phenoxy) is 1. The molecule has 0 saturated carbocycles. The summed E-state index contributed by atoms with van der Waals surface area (Å²) in [6, 6.07) is 9.08. The molecule has 2 fully saturated rings. The highest BCUT2D eigenvalue weighted by Crippen LogP contribution is 2.28. The van der Waals surface area contributed by atoms with Crippen LogP contribution in [-0.4, -0.2) is 50.8 Å². The topological polar surface area (TPSA) is 15.7 Å². The van der Waals surface area contributed by atoms with Crippen LogP contribution in [0.5, 0.6) is 0 Å². The lowest BCUT2D eigenvalue weighted by molar-refractivity contribution is 0.122. The molecule has 3 rings (SSSR count). The van der Waals surface area contributed by atoms with Crippen molar-refractivity contribution >= 4 is 5.69 Å². The fraction of sp³-hybridized carbons (Fsp3) is 0.529. The molecule has 2 saturated heterocycles. The van der Waals surface area contributed by atoms with Gasteiger partial charge in [-0.2, -0.15) is 0 Å². The van der Waals surface area contributed by atoms with E-state index in [1.54, 1.807) is 0 Å². The van der Waals surface area contributed by atoms with E-state index in [0.29, 0.717) is 5.92 Å². The summed E-state index contributed by atoms with van der Waals surface area (Å²) in [7, 11) is 0. The number of hydrogen-bond acceptors (Lipinski definition) is 3. The zero-order valence-corrected chi connectivity index (χ0v) is 11.9. The van der Waals surface area contributed by atoms with E-state index in [-0.39, 0.29) is 0 Å². The molecule has 0 bridgehead atoms. The van der Waals surface area contributed by atoms with Crippen LogP contribution in [-0.2, 0) is 4.74 Å². The van der Waals surface area contributed by atoms with E-state index >= 15 is 0 Å². The predicted molar refractivity (Wildman–Crippen MR) is 82.1 cm³/mol. The Hall–Kier alpha value is -1.50. The van der Waals surface area contributed by atoms with E-state index in [2.05, 4.69) is 40.0 Å². The van der Waals surface area contributed by atoms with E-state index < -0.39 is 0 Å². The third kappa shape index (κ3) is 2.98. The Labute approximate surface area is 121 Å². The summed E-state index contributed by atoms with van der Waals surface area (Å²) in [6.45, 7) is 6.68. The Balaban J connectivity index is 1.63. The van der Waals surface area contributed by atoms with Gasteiger partial charge in [-0.3, -0.25) is 4.90 Å². The fourth-order valence-corrected chi connectivity index (χ4v) is 3.16. The Morgan fingerprint density at radius 1 is 1.15 bits per heavy atom. The van der Waals surface area contributed by atoms with Gasteiger partial charge in [0.15, 0.2) is 0 Å². The summed E-state index contributed by atoms with van der Waals surface area (Å²) >= 11 is 0. The van der Waals surface area contributed by atoms with E-state index in [4.69, 9.17) is 11.2 Å². The largest absolute Gasteiger partial charge is 0.378 e. The molecule has 1 aromatic rings. The number of benzene rings is 1. The Morgan fingerprint density at radius 2 is 1.90 bits per heavy atom. The summed E-state index contributed by atoms with van der Waals surface area (Å²) in [5.41, 5.74) is 2.76. The smallest absolute Gasteiger partial charge is 0.0642 e. The lowest BCUT2D eigenvalue weighted by atomic mass is 9.98. The van der Waals surface area contributed by atoms with E-state index in [9.17, 15) is 0 Å². The van der Waals surface area contributed by atoms with Crippen LogP contribution in [0.4, 0.5) is 5.69 Å². The molecule has 0 amide bonds. The number of hydrogen-bond donors (Lipinski definition) is 0. The highest BCUT2D eigenvalue weighted by atomic mass is 16.5. The number of anilines is 1. The third-order valence-electron chi connectivity index (χ3n) is 4.33. The van der Waals surface area contributed by atoms with Crippen LogP contribution in [0.2, 0.25) is 0 Å². The molecule has 0 radical (unpaired) electrons. The quantitative estimate of drug-likeness (QED) is 0.781. The SMILES string of the molecule is C#CCN1CCC(c2ccc(N3CCOCC3)cc2)C1. The first-order valence-corrected chi connectivity index (χ1v) is 7.45. The molecule has 0 aliphatic carbocycles. The molecular weight excluding hydrogens is 248 g/mol. The van der Waals surface area contributed by atoms with Gasteiger partial charge in [-0.05, 0) is 36.6 Å². The van der Waals surface area contributed by atoms with Crippen LogP contribution in [0.1, 0.15) is 17.9 Å². The summed E-state index contributed by atoms with van der Waals surface area (Å²) < 4.78 is 5.40. The van der Waals surface area contributed by atoms with Crippen molar-refractivity contribution in [3.05, 3.63) is 29.8 Å². The average molecular weight is 270 g/mol. The first kappa shape index (κ1) is 13.5. The molecule has 1 atom stereocenters. The minimum absolute atomic E-state index is 0.641. The standard InChI is InChI=1S/C17H22N2O/c1-2-8-18-9-7-16(14-18)15-3-5-17(6-4-15)19-10-12-20-13-11-19/h1,3-6,16H,7-14H2. The van der Waals surface area contributed by atoms with Gasteiger partial charge in [-0.1, -0.05) is 18.1 Å². The van der Waals surface area contributed by atoms with Crippen molar-refractivity contribution < 1.29 is 4.74 Å². The van der Waals surface area contributed by atoms with Crippen molar-refractivity contribution in [2.75, 3.05) is 50.8 Å². The number of morpholine rings is 1. The average Bonchev–Trinajstić information content (AvgIpc) is 2.97. The molecule has 2 aliphatic rings. The summed E-state index contributed by atoms with van der Waals surface area (Å²) in [5.74, 6) is 3.38. The number of likely N-dealkylation sites (tertiary alicyclic amines) is 1. The van der Waals surface area contributed by atoms with E-state index in [1.165, 1.54) is 17.7 Å². The van der Waals surface area contributed by atoms with E-state index in [0.717, 1.165) is 45.9 Å². The Morgan fingerprint density at radius 3 is 2.60 bits per heavy atom. The van der Waals surface area contributed by atoms with Gasteiger partial charge < -0.3 is 9.64 Å². The van der Waals surface area contributed by atoms with Crippen LogP contribution < -0.4 is 4.90 Å². The summed E-state index contributed by atoms with van der Waals surface area (Å²) in [6.07, 6.45) is 6.61. The van der Waals surface area contributed by atoms with Crippen LogP contribution in [0.3, 0.4) is 0 Å². The minimum Gasteiger partial charge on any atom is -0.378 e. The second kappa shape index (κ2) is 6.30. The molecule has 1 aromatic carbocycles. The highest BCUT2D eigenvalue weighted by Gasteiger charge is 2.23. The molecule has 0 N–H and O–H groups in total. The highest BCUT2D eigenvalue weighted by molar-refractivity contribution is 5.48. The Bertz CT molecular complexity index is 471. The molecule has 20 heavy (non-hydrogen) atoms. The molecule has 0 spiro atoms. The van der Waals surface area contributed by atoms with Gasteiger partial charge in [-0.25, -0.2) is 0 Å². The summed E-state index contributed by atoms with van der Waals surface area (Å²) in [5, 5.41) is 0. The van der Waals surface area contributed by atoms with Crippen LogP contribution in [0, 0.1) is 12.3 Å². The van der Waals surface area contributed by atoms with Crippen molar-refractivity contribution in [2.45, 2.75) is 12.3 Å². The van der Waals surface area contributed by atoms with Crippen molar-refractivity contribution in [2.24, 2.45) is 0 Å². The third-order valence-corrected chi connectivity index (χ3v) is 4.33. The fourth-order valence-electron chi connectivity index (χ4n) is 3.16. The van der Waals surface area contributed by atoms with Crippen molar-refractivity contribution in [1.82, 2.24) is 4.90 Å². The van der Waals surface area contributed by atoms with Gasteiger partial charge in [-0.15, -0.1) is 6.42 Å². The van der Waals surface area contributed by atoms with Crippen molar-refractivity contribution in [1.29, 1.82) is 0 Å². The summed E-state index contributed by atoms with van der Waals surface area (Å²) in [4.78, 5) is 4.76. The number of terminal acetylenes is 1. The second-order valence-electron chi connectivity index (χ2n) is 5.62. The van der Waals surface area contributed by atoms with Crippen LogP contribution >= 0.6 is 0 Å². The zero-order chi connectivity index (χ0) is 13.8. The normalized spacial score (nSPS) is 23.8. The van der Waals surface area contributed by atoms with Gasteiger partial charge in [0.25, 0.3) is 0 Å². The lowest BCUT2D eigenvalue weighted by Gasteiger charge is -2.29. The molecule has 2 heterocycles. The van der Waals surface area contributed by atoms with E-state index in [1.807, 2.05) is 0 Å². The lowest BCUT2D eigenvalue weighted by Crippen LogP contribution is -2.36. The van der Waals surface area contributed by atoms with Crippen molar-refractivity contribution in [3.8, 4) is 12.3 Å². The maximum atomic E-state index is 5.40.